The Bertz CT molecular complexity index is 431. The van der Waals surface area contributed by atoms with Gasteiger partial charge < -0.3 is 10.3 Å². The molecule has 0 spiro atoms. The molecule has 0 aliphatic rings. The molecule has 1 heterocycles. The van der Waals surface area contributed by atoms with Gasteiger partial charge in [-0.3, -0.25) is 0 Å². The summed E-state index contributed by atoms with van der Waals surface area (Å²) in [6, 6.07) is 8.30. The van der Waals surface area contributed by atoms with Crippen molar-refractivity contribution in [1.29, 1.82) is 0 Å². The van der Waals surface area contributed by atoms with E-state index < -0.39 is 0 Å². The van der Waals surface area contributed by atoms with Crippen LogP contribution in [-0.4, -0.2) is 11.7 Å². The predicted octanol–water partition coefficient (Wildman–Crippen LogP) is 2.15. The fourth-order valence-electron chi connectivity index (χ4n) is 1.54. The lowest BCUT2D eigenvalue weighted by atomic mass is 10.0. The summed E-state index contributed by atoms with van der Waals surface area (Å²) in [5, 5.41) is 3.81. The standard InChI is InChI=1S/C12H14N2O/c1-9-2-4-10(5-3-9)11-8-14-15-12(11)6-7-13/h2-5,8H,6-7,13H2,1H3. The van der Waals surface area contributed by atoms with Crippen LogP contribution < -0.4 is 5.73 Å². The molecule has 2 rings (SSSR count). The Labute approximate surface area is 88.9 Å². The maximum absolute atomic E-state index is 5.50. The molecule has 0 saturated carbocycles. The number of aryl methyl sites for hydroxylation is 1. The number of hydrogen-bond acceptors (Lipinski definition) is 3. The van der Waals surface area contributed by atoms with Crippen LogP contribution in [-0.2, 0) is 6.42 Å². The fourth-order valence-corrected chi connectivity index (χ4v) is 1.54. The van der Waals surface area contributed by atoms with E-state index >= 15 is 0 Å². The molecule has 0 aliphatic heterocycles. The topological polar surface area (TPSA) is 52.0 Å². The molecule has 1 aromatic carbocycles. The number of rotatable bonds is 3. The molecule has 0 unspecified atom stereocenters. The highest BCUT2D eigenvalue weighted by molar-refractivity contribution is 5.64. The van der Waals surface area contributed by atoms with E-state index in [4.69, 9.17) is 10.3 Å². The third-order valence-electron chi connectivity index (χ3n) is 2.38. The van der Waals surface area contributed by atoms with Crippen molar-refractivity contribution >= 4 is 0 Å². The normalized spacial score (nSPS) is 10.5. The summed E-state index contributed by atoms with van der Waals surface area (Å²) in [7, 11) is 0. The second-order valence-corrected chi connectivity index (χ2v) is 3.57. The number of nitrogens with zero attached hydrogens (tertiary/aromatic N) is 1. The first-order chi connectivity index (χ1) is 7.31. The van der Waals surface area contributed by atoms with Crippen LogP contribution in [0.3, 0.4) is 0 Å². The maximum Gasteiger partial charge on any atom is 0.145 e. The minimum absolute atomic E-state index is 0.577. The van der Waals surface area contributed by atoms with Crippen molar-refractivity contribution in [2.45, 2.75) is 13.3 Å². The Balaban J connectivity index is 2.36. The minimum Gasteiger partial charge on any atom is -0.361 e. The molecule has 0 radical (unpaired) electrons. The first kappa shape index (κ1) is 9.93. The number of hydrogen-bond donors (Lipinski definition) is 1. The van der Waals surface area contributed by atoms with Crippen LogP contribution in [0, 0.1) is 6.92 Å². The highest BCUT2D eigenvalue weighted by Gasteiger charge is 2.08. The van der Waals surface area contributed by atoms with Crippen molar-refractivity contribution in [3.8, 4) is 11.1 Å². The molecule has 78 valence electrons. The Morgan fingerprint density at radius 2 is 2.00 bits per heavy atom. The van der Waals surface area contributed by atoms with Gasteiger partial charge in [0.1, 0.15) is 5.76 Å². The summed E-state index contributed by atoms with van der Waals surface area (Å²) in [5.41, 5.74) is 8.92. The molecule has 0 amide bonds. The van der Waals surface area contributed by atoms with Gasteiger partial charge in [0.15, 0.2) is 0 Å². The average molecular weight is 202 g/mol. The Morgan fingerprint density at radius 1 is 1.27 bits per heavy atom. The summed E-state index contributed by atoms with van der Waals surface area (Å²) in [6.07, 6.45) is 2.47. The third-order valence-corrected chi connectivity index (χ3v) is 2.38. The molecule has 3 heteroatoms. The Morgan fingerprint density at radius 3 is 2.67 bits per heavy atom. The number of nitrogens with two attached hydrogens (primary N) is 1. The van der Waals surface area contributed by atoms with Gasteiger partial charge in [0.05, 0.1) is 6.20 Å². The maximum atomic E-state index is 5.50. The van der Waals surface area contributed by atoms with E-state index in [9.17, 15) is 0 Å². The number of aromatic nitrogens is 1. The van der Waals surface area contributed by atoms with Gasteiger partial charge in [0.25, 0.3) is 0 Å². The van der Waals surface area contributed by atoms with Crippen LogP contribution in [0.25, 0.3) is 11.1 Å². The monoisotopic (exact) mass is 202 g/mol. The molecule has 0 atom stereocenters. The van der Waals surface area contributed by atoms with Crippen LogP contribution in [0.2, 0.25) is 0 Å². The van der Waals surface area contributed by atoms with Crippen molar-refractivity contribution in [3.05, 3.63) is 41.8 Å². The second-order valence-electron chi connectivity index (χ2n) is 3.57. The summed E-state index contributed by atoms with van der Waals surface area (Å²) >= 11 is 0. The van der Waals surface area contributed by atoms with Crippen molar-refractivity contribution < 1.29 is 4.52 Å². The molecule has 2 aromatic rings. The number of benzene rings is 1. The van der Waals surface area contributed by atoms with E-state index in [-0.39, 0.29) is 0 Å². The zero-order valence-electron chi connectivity index (χ0n) is 8.73. The quantitative estimate of drug-likeness (QED) is 0.829. The summed E-state index contributed by atoms with van der Waals surface area (Å²) < 4.78 is 5.16. The molecular weight excluding hydrogens is 188 g/mol. The second kappa shape index (κ2) is 4.28. The predicted molar refractivity (Wildman–Crippen MR) is 59.4 cm³/mol. The fraction of sp³-hybridized carbons (Fsp3) is 0.250. The molecule has 0 bridgehead atoms. The SMILES string of the molecule is Cc1ccc(-c2cnoc2CCN)cc1. The molecule has 1 aromatic heterocycles. The lowest BCUT2D eigenvalue weighted by molar-refractivity contribution is 0.385. The van der Waals surface area contributed by atoms with Gasteiger partial charge in [-0.05, 0) is 19.0 Å². The summed E-state index contributed by atoms with van der Waals surface area (Å²) in [5.74, 6) is 0.862. The largest absolute Gasteiger partial charge is 0.361 e. The zero-order valence-corrected chi connectivity index (χ0v) is 8.73. The van der Waals surface area contributed by atoms with Crippen LogP contribution in [0.5, 0.6) is 0 Å². The van der Waals surface area contributed by atoms with E-state index in [1.54, 1.807) is 6.20 Å². The molecule has 0 aliphatic carbocycles. The van der Waals surface area contributed by atoms with Crippen LogP contribution in [0.15, 0.2) is 35.0 Å². The Hall–Kier alpha value is -1.61. The molecule has 0 fully saturated rings. The molecular formula is C12H14N2O. The first-order valence-electron chi connectivity index (χ1n) is 5.02. The van der Waals surface area contributed by atoms with Gasteiger partial charge in [0.2, 0.25) is 0 Å². The molecule has 15 heavy (non-hydrogen) atoms. The molecule has 0 saturated heterocycles. The third kappa shape index (κ3) is 2.07. The van der Waals surface area contributed by atoms with Gasteiger partial charge in [-0.25, -0.2) is 0 Å². The van der Waals surface area contributed by atoms with Crippen molar-refractivity contribution in [2.75, 3.05) is 6.54 Å². The van der Waals surface area contributed by atoms with Gasteiger partial charge in [-0.15, -0.1) is 0 Å². The smallest absolute Gasteiger partial charge is 0.145 e. The van der Waals surface area contributed by atoms with Crippen molar-refractivity contribution in [3.63, 3.8) is 0 Å². The first-order valence-corrected chi connectivity index (χ1v) is 5.02. The zero-order chi connectivity index (χ0) is 10.7. The Kier molecular flexibility index (Phi) is 2.83. The van der Waals surface area contributed by atoms with Crippen molar-refractivity contribution in [1.82, 2.24) is 5.16 Å². The lowest BCUT2D eigenvalue weighted by Crippen LogP contribution is -2.02. The molecule has 2 N–H and O–H groups in total. The van der Waals surface area contributed by atoms with Crippen LogP contribution in [0.4, 0.5) is 0 Å². The van der Waals surface area contributed by atoms with E-state index in [1.165, 1.54) is 5.56 Å². The van der Waals surface area contributed by atoms with Gasteiger partial charge >= 0.3 is 0 Å². The lowest BCUT2D eigenvalue weighted by Gasteiger charge is -2.00. The van der Waals surface area contributed by atoms with E-state index in [0.29, 0.717) is 6.54 Å². The summed E-state index contributed by atoms with van der Waals surface area (Å²) in [4.78, 5) is 0. The highest BCUT2D eigenvalue weighted by Crippen LogP contribution is 2.23. The van der Waals surface area contributed by atoms with Crippen molar-refractivity contribution in [2.24, 2.45) is 5.73 Å². The molecule has 3 nitrogen and oxygen atoms in total. The van der Waals surface area contributed by atoms with E-state index in [1.807, 2.05) is 0 Å². The van der Waals surface area contributed by atoms with Crippen LogP contribution >= 0.6 is 0 Å². The van der Waals surface area contributed by atoms with Gasteiger partial charge in [0, 0.05) is 12.0 Å². The minimum atomic E-state index is 0.577. The average Bonchev–Trinajstić information content (AvgIpc) is 2.68. The van der Waals surface area contributed by atoms with Gasteiger partial charge in [-0.2, -0.15) is 0 Å². The summed E-state index contributed by atoms with van der Waals surface area (Å²) in [6.45, 7) is 2.65. The van der Waals surface area contributed by atoms with Crippen LogP contribution in [0.1, 0.15) is 11.3 Å². The van der Waals surface area contributed by atoms with E-state index in [0.717, 1.165) is 23.3 Å². The highest BCUT2D eigenvalue weighted by atomic mass is 16.5. The van der Waals surface area contributed by atoms with Gasteiger partial charge in [-0.1, -0.05) is 35.0 Å². The van der Waals surface area contributed by atoms with E-state index in [2.05, 4.69) is 36.3 Å².